The van der Waals surface area contributed by atoms with E-state index in [-0.39, 0.29) is 22.8 Å². The minimum atomic E-state index is -0.359. The van der Waals surface area contributed by atoms with Gasteiger partial charge in [0.05, 0.1) is 5.69 Å². The van der Waals surface area contributed by atoms with Crippen molar-refractivity contribution < 1.29 is 9.90 Å². The Morgan fingerprint density at radius 3 is 2.30 bits per heavy atom. The lowest BCUT2D eigenvalue weighted by Crippen LogP contribution is -2.09. The summed E-state index contributed by atoms with van der Waals surface area (Å²) < 4.78 is 0. The quantitative estimate of drug-likeness (QED) is 0.738. The number of hydrogen-bond donors (Lipinski definition) is 1. The fourth-order valence-electron chi connectivity index (χ4n) is 4.01. The van der Waals surface area contributed by atoms with Crippen molar-refractivity contribution in [2.45, 2.75) is 38.0 Å². The molecule has 0 unspecified atom stereocenters. The van der Waals surface area contributed by atoms with Crippen molar-refractivity contribution in [1.82, 2.24) is 0 Å². The van der Waals surface area contributed by atoms with Crippen molar-refractivity contribution in [2.24, 2.45) is 4.99 Å². The van der Waals surface area contributed by atoms with Gasteiger partial charge < -0.3 is 5.11 Å². The molecule has 1 N–H and O–H groups in total. The highest BCUT2D eigenvalue weighted by Gasteiger charge is 2.32. The Bertz CT molecular complexity index is 988. The molecule has 4 rings (SSSR count). The molecule has 0 atom stereocenters. The number of nitrogens with zero attached hydrogens (tertiary/aromatic N) is 2. The average molecular weight is 356 g/mol. The molecule has 0 spiro atoms. The predicted molar refractivity (Wildman–Crippen MR) is 105 cm³/mol. The number of nitriles is 1. The maximum atomic E-state index is 12.6. The first kappa shape index (κ1) is 17.2. The van der Waals surface area contributed by atoms with Crippen molar-refractivity contribution in [3.63, 3.8) is 0 Å². The summed E-state index contributed by atoms with van der Waals surface area (Å²) in [6.07, 6.45) is 6.32. The molecular formula is C23H20N2O2. The molecule has 4 heteroatoms. The van der Waals surface area contributed by atoms with E-state index in [1.165, 1.54) is 37.7 Å². The van der Waals surface area contributed by atoms with Crippen molar-refractivity contribution in [1.29, 1.82) is 5.26 Å². The van der Waals surface area contributed by atoms with E-state index in [0.717, 1.165) is 0 Å². The molecule has 0 bridgehead atoms. The summed E-state index contributed by atoms with van der Waals surface area (Å²) in [5.41, 5.74) is 2.69. The van der Waals surface area contributed by atoms with Gasteiger partial charge >= 0.3 is 0 Å². The maximum Gasteiger partial charge on any atom is 0.200 e. The van der Waals surface area contributed by atoms with Gasteiger partial charge in [0.25, 0.3) is 0 Å². The zero-order valence-corrected chi connectivity index (χ0v) is 15.0. The Kier molecular flexibility index (Phi) is 4.60. The Morgan fingerprint density at radius 1 is 1.00 bits per heavy atom. The predicted octanol–water partition coefficient (Wildman–Crippen LogP) is 5.50. The normalized spacial score (nSPS) is 17.7. The molecule has 1 saturated carbocycles. The first-order valence-corrected chi connectivity index (χ1v) is 9.35. The number of aliphatic imine (C=N–C) groups is 1. The first-order chi connectivity index (χ1) is 13.2. The standard InChI is InChI=1S/C23H20N2O2/c24-14-20(21-22(26)18-8-4-5-9-19(18)23(21)27)25-17-12-10-16(11-13-17)15-6-2-1-3-7-15/h4-5,8-13,15,26H,1-3,6-7H2. The number of aliphatic hydroxyl groups excluding tert-OH is 1. The van der Waals surface area contributed by atoms with Gasteiger partial charge in [0, 0.05) is 11.1 Å². The number of Topliss-reactive ketones (excluding diaryl/α,β-unsaturated/α-hetero) is 1. The van der Waals surface area contributed by atoms with E-state index in [1.54, 1.807) is 24.3 Å². The van der Waals surface area contributed by atoms with Crippen molar-refractivity contribution >= 4 is 22.9 Å². The summed E-state index contributed by atoms with van der Waals surface area (Å²) in [4.78, 5) is 17.0. The van der Waals surface area contributed by atoms with Crippen LogP contribution in [-0.2, 0) is 0 Å². The molecule has 4 nitrogen and oxygen atoms in total. The molecule has 2 aromatic carbocycles. The number of ketones is 1. The van der Waals surface area contributed by atoms with Crippen molar-refractivity contribution in [3.05, 3.63) is 70.8 Å². The number of carbonyl (C=O) groups is 1. The van der Waals surface area contributed by atoms with Crippen LogP contribution in [0.1, 0.15) is 59.5 Å². The van der Waals surface area contributed by atoms with Crippen LogP contribution in [0.15, 0.2) is 59.1 Å². The third-order valence-electron chi connectivity index (χ3n) is 5.44. The monoisotopic (exact) mass is 356 g/mol. The number of hydrogen-bond acceptors (Lipinski definition) is 4. The van der Waals surface area contributed by atoms with Gasteiger partial charge in [-0.25, -0.2) is 4.99 Å². The molecular weight excluding hydrogens is 336 g/mol. The molecule has 0 radical (unpaired) electrons. The van der Waals surface area contributed by atoms with Gasteiger partial charge in [-0.2, -0.15) is 5.26 Å². The van der Waals surface area contributed by atoms with Crippen LogP contribution in [0.5, 0.6) is 0 Å². The van der Waals surface area contributed by atoms with Gasteiger partial charge in [-0.15, -0.1) is 0 Å². The fraction of sp³-hybridized carbons (Fsp3) is 0.261. The van der Waals surface area contributed by atoms with Gasteiger partial charge in [-0.1, -0.05) is 55.7 Å². The van der Waals surface area contributed by atoms with Gasteiger partial charge in [0.1, 0.15) is 17.4 Å². The smallest absolute Gasteiger partial charge is 0.200 e. The molecule has 134 valence electrons. The number of aliphatic hydroxyl groups is 1. The van der Waals surface area contributed by atoms with E-state index in [9.17, 15) is 15.2 Å². The molecule has 0 saturated heterocycles. The minimum absolute atomic E-state index is 0.0185. The van der Waals surface area contributed by atoms with Gasteiger partial charge in [0.15, 0.2) is 11.5 Å². The fourth-order valence-corrected chi connectivity index (χ4v) is 4.01. The van der Waals surface area contributed by atoms with Crippen LogP contribution in [0.25, 0.3) is 5.76 Å². The van der Waals surface area contributed by atoms with Crippen LogP contribution in [-0.4, -0.2) is 16.6 Å². The molecule has 2 aliphatic carbocycles. The lowest BCUT2D eigenvalue weighted by molar-refractivity contribution is 0.104. The van der Waals surface area contributed by atoms with Crippen LogP contribution in [0.2, 0.25) is 0 Å². The molecule has 0 aliphatic heterocycles. The molecule has 1 fully saturated rings. The summed E-state index contributed by atoms with van der Waals surface area (Å²) in [7, 11) is 0. The van der Waals surface area contributed by atoms with Gasteiger partial charge in [0.2, 0.25) is 0 Å². The number of rotatable bonds is 3. The Labute approximate surface area is 158 Å². The number of fused-ring (bicyclic) bond motifs is 1. The summed E-state index contributed by atoms with van der Waals surface area (Å²) in [5.74, 6) is 0.0711. The summed E-state index contributed by atoms with van der Waals surface area (Å²) in [6.45, 7) is 0. The molecule has 0 amide bonds. The second kappa shape index (κ2) is 7.20. The van der Waals surface area contributed by atoms with Crippen LogP contribution in [0.4, 0.5) is 5.69 Å². The molecule has 0 heterocycles. The van der Waals surface area contributed by atoms with Crippen molar-refractivity contribution in [3.8, 4) is 6.07 Å². The highest BCUT2D eigenvalue weighted by Crippen LogP contribution is 2.34. The topological polar surface area (TPSA) is 73.4 Å². The SMILES string of the molecule is N#CC(=Nc1ccc(C2CCCCC2)cc1)C1=C(O)c2ccccc2C1=O. The summed E-state index contributed by atoms with van der Waals surface area (Å²) in [5, 5.41) is 20.0. The summed E-state index contributed by atoms with van der Waals surface area (Å²) >= 11 is 0. The zero-order valence-electron chi connectivity index (χ0n) is 15.0. The third-order valence-corrected chi connectivity index (χ3v) is 5.44. The Hall–Kier alpha value is -3.19. The van der Waals surface area contributed by atoms with E-state index in [0.29, 0.717) is 22.7 Å². The van der Waals surface area contributed by atoms with E-state index in [2.05, 4.69) is 17.1 Å². The van der Waals surface area contributed by atoms with E-state index >= 15 is 0 Å². The highest BCUT2D eigenvalue weighted by molar-refractivity contribution is 6.39. The van der Waals surface area contributed by atoms with E-state index in [4.69, 9.17) is 0 Å². The first-order valence-electron chi connectivity index (χ1n) is 9.35. The lowest BCUT2D eigenvalue weighted by Gasteiger charge is -2.21. The van der Waals surface area contributed by atoms with Crippen molar-refractivity contribution in [2.75, 3.05) is 0 Å². The third kappa shape index (κ3) is 3.17. The lowest BCUT2D eigenvalue weighted by atomic mass is 9.84. The minimum Gasteiger partial charge on any atom is -0.506 e. The second-order valence-electron chi connectivity index (χ2n) is 7.10. The van der Waals surface area contributed by atoms with Gasteiger partial charge in [-0.05, 0) is 36.5 Å². The van der Waals surface area contributed by atoms with E-state index in [1.807, 2.05) is 18.2 Å². The van der Waals surface area contributed by atoms with Crippen LogP contribution in [0, 0.1) is 11.3 Å². The maximum absolute atomic E-state index is 12.6. The van der Waals surface area contributed by atoms with Crippen LogP contribution in [0.3, 0.4) is 0 Å². The van der Waals surface area contributed by atoms with Crippen LogP contribution < -0.4 is 0 Å². The number of allylic oxidation sites excluding steroid dienone is 1. The largest absolute Gasteiger partial charge is 0.506 e. The van der Waals surface area contributed by atoms with E-state index < -0.39 is 0 Å². The number of carbonyl (C=O) groups excluding carboxylic acids is 1. The summed E-state index contributed by atoms with van der Waals surface area (Å²) in [6, 6.07) is 16.7. The zero-order chi connectivity index (χ0) is 18.8. The second-order valence-corrected chi connectivity index (χ2v) is 7.10. The molecule has 0 aromatic heterocycles. The molecule has 2 aliphatic rings. The molecule has 27 heavy (non-hydrogen) atoms. The Morgan fingerprint density at radius 2 is 1.67 bits per heavy atom. The molecule has 2 aromatic rings. The van der Waals surface area contributed by atoms with Gasteiger partial charge in [-0.3, -0.25) is 4.79 Å². The average Bonchev–Trinajstić information content (AvgIpc) is 2.98. The highest BCUT2D eigenvalue weighted by atomic mass is 16.3. The van der Waals surface area contributed by atoms with Crippen LogP contribution >= 0.6 is 0 Å². The number of benzene rings is 2. The Balaban J connectivity index is 1.64.